The number of rotatable bonds is 3. The first kappa shape index (κ1) is 15.8. The fourth-order valence-corrected chi connectivity index (χ4v) is 4.94. The Morgan fingerprint density at radius 2 is 1.41 bits per heavy atom. The largest absolute Gasteiger partial charge is 0.459 e. The molecule has 22 heavy (non-hydrogen) atoms. The molecule has 4 heteroatoms. The molecular weight excluding hydrogens is 280 g/mol. The third-order valence-corrected chi connectivity index (χ3v) is 5.41. The maximum atomic E-state index is 12.4. The van der Waals surface area contributed by atoms with Gasteiger partial charge in [-0.2, -0.15) is 0 Å². The van der Waals surface area contributed by atoms with Crippen molar-refractivity contribution in [2.45, 2.75) is 77.4 Å². The minimum absolute atomic E-state index is 0.290. The molecule has 0 aromatic rings. The van der Waals surface area contributed by atoms with Crippen LogP contribution in [0.3, 0.4) is 0 Å². The summed E-state index contributed by atoms with van der Waals surface area (Å²) in [7, 11) is 0. The van der Waals surface area contributed by atoms with Gasteiger partial charge in [-0.05, 0) is 84.0 Å². The maximum absolute atomic E-state index is 12.4. The van der Waals surface area contributed by atoms with Gasteiger partial charge >= 0.3 is 11.9 Å². The van der Waals surface area contributed by atoms with Crippen LogP contribution in [-0.2, 0) is 19.1 Å². The maximum Gasteiger partial charge on any atom is 0.320 e. The Labute approximate surface area is 132 Å². The van der Waals surface area contributed by atoms with E-state index < -0.39 is 23.5 Å². The van der Waals surface area contributed by atoms with Gasteiger partial charge in [0.25, 0.3) is 0 Å². The van der Waals surface area contributed by atoms with Crippen molar-refractivity contribution >= 4 is 11.9 Å². The van der Waals surface area contributed by atoms with E-state index in [0.29, 0.717) is 0 Å². The van der Waals surface area contributed by atoms with Gasteiger partial charge in [0.15, 0.2) is 5.92 Å². The Morgan fingerprint density at radius 1 is 0.955 bits per heavy atom. The van der Waals surface area contributed by atoms with Crippen molar-refractivity contribution < 1.29 is 19.1 Å². The van der Waals surface area contributed by atoms with Crippen LogP contribution >= 0.6 is 0 Å². The van der Waals surface area contributed by atoms with Crippen molar-refractivity contribution in [1.82, 2.24) is 0 Å². The lowest BCUT2D eigenvalue weighted by molar-refractivity contribution is -0.194. The second-order valence-corrected chi connectivity index (χ2v) is 8.78. The second-order valence-electron chi connectivity index (χ2n) is 8.78. The van der Waals surface area contributed by atoms with Gasteiger partial charge in [0.05, 0.1) is 0 Å². The smallest absolute Gasteiger partial charge is 0.320 e. The van der Waals surface area contributed by atoms with E-state index in [-0.39, 0.29) is 5.60 Å². The van der Waals surface area contributed by atoms with Gasteiger partial charge in [-0.15, -0.1) is 0 Å². The minimum Gasteiger partial charge on any atom is -0.459 e. The summed E-state index contributed by atoms with van der Waals surface area (Å²) in [5.74, 6) is 0.424. The van der Waals surface area contributed by atoms with Gasteiger partial charge in [-0.3, -0.25) is 9.59 Å². The molecule has 4 nitrogen and oxygen atoms in total. The SMILES string of the molecule is CC(C(=O)OC(C)(C)C)C(=O)OC12CC3CC(CC(C3)C1)C2. The first-order chi connectivity index (χ1) is 10.2. The van der Waals surface area contributed by atoms with Crippen LogP contribution < -0.4 is 0 Å². The van der Waals surface area contributed by atoms with Crippen LogP contribution in [0.2, 0.25) is 0 Å². The second kappa shape index (κ2) is 5.24. The highest BCUT2D eigenvalue weighted by Gasteiger charge is 2.53. The molecular formula is C18H28O4. The number of esters is 2. The monoisotopic (exact) mass is 308 g/mol. The van der Waals surface area contributed by atoms with Crippen molar-refractivity contribution in [2.24, 2.45) is 23.7 Å². The van der Waals surface area contributed by atoms with Gasteiger partial charge < -0.3 is 9.47 Å². The summed E-state index contributed by atoms with van der Waals surface area (Å²) >= 11 is 0. The van der Waals surface area contributed by atoms with Crippen LogP contribution in [-0.4, -0.2) is 23.1 Å². The molecule has 4 aliphatic carbocycles. The molecule has 4 rings (SSSR count). The topological polar surface area (TPSA) is 52.6 Å². The number of ether oxygens (including phenoxy) is 2. The van der Waals surface area contributed by atoms with Crippen LogP contribution in [0.4, 0.5) is 0 Å². The molecule has 0 N–H and O–H groups in total. The van der Waals surface area contributed by atoms with E-state index in [1.54, 1.807) is 6.92 Å². The zero-order valence-electron chi connectivity index (χ0n) is 14.2. The molecule has 4 bridgehead atoms. The fourth-order valence-electron chi connectivity index (χ4n) is 4.94. The molecule has 4 saturated carbocycles. The highest BCUT2D eigenvalue weighted by atomic mass is 16.6. The van der Waals surface area contributed by atoms with Crippen LogP contribution in [0.25, 0.3) is 0 Å². The average molecular weight is 308 g/mol. The summed E-state index contributed by atoms with van der Waals surface area (Å²) in [5, 5.41) is 0. The van der Waals surface area contributed by atoms with Crippen molar-refractivity contribution in [3.8, 4) is 0 Å². The lowest BCUT2D eigenvalue weighted by Gasteiger charge is -2.55. The zero-order valence-corrected chi connectivity index (χ0v) is 14.2. The molecule has 0 aliphatic heterocycles. The van der Waals surface area contributed by atoms with Gasteiger partial charge in [0.2, 0.25) is 0 Å². The Balaban J connectivity index is 1.63. The number of carbonyl (C=O) groups excluding carboxylic acids is 2. The third kappa shape index (κ3) is 3.16. The van der Waals surface area contributed by atoms with Crippen molar-refractivity contribution in [3.63, 3.8) is 0 Å². The van der Waals surface area contributed by atoms with Gasteiger partial charge in [0, 0.05) is 0 Å². The Morgan fingerprint density at radius 3 is 1.82 bits per heavy atom. The van der Waals surface area contributed by atoms with E-state index in [2.05, 4.69) is 0 Å². The molecule has 0 spiro atoms. The molecule has 4 aliphatic rings. The van der Waals surface area contributed by atoms with E-state index in [1.807, 2.05) is 20.8 Å². The van der Waals surface area contributed by atoms with Crippen molar-refractivity contribution in [2.75, 3.05) is 0 Å². The van der Waals surface area contributed by atoms with E-state index >= 15 is 0 Å². The standard InChI is InChI=1S/C18H28O4/c1-11(15(19)21-17(2,3)4)16(20)22-18-8-12-5-13(9-18)7-14(6-12)10-18/h11-14H,5-10H2,1-4H3. The first-order valence-corrected chi connectivity index (χ1v) is 8.61. The summed E-state index contributed by atoms with van der Waals surface area (Å²) in [6.07, 6.45) is 6.89. The van der Waals surface area contributed by atoms with Gasteiger partial charge in [0.1, 0.15) is 11.2 Å². The summed E-state index contributed by atoms with van der Waals surface area (Å²) in [6.45, 7) is 7.02. The molecule has 0 amide bonds. The molecule has 4 fully saturated rings. The molecule has 1 unspecified atom stereocenters. The first-order valence-electron chi connectivity index (χ1n) is 8.61. The summed E-state index contributed by atoms with van der Waals surface area (Å²) in [6, 6.07) is 0. The van der Waals surface area contributed by atoms with E-state index in [1.165, 1.54) is 19.3 Å². The van der Waals surface area contributed by atoms with Crippen molar-refractivity contribution in [1.29, 1.82) is 0 Å². The zero-order chi connectivity index (χ0) is 16.1. The Kier molecular flexibility index (Phi) is 3.77. The van der Waals surface area contributed by atoms with Crippen LogP contribution in [0, 0.1) is 23.7 Å². The minimum atomic E-state index is -0.841. The Hall–Kier alpha value is -1.06. The van der Waals surface area contributed by atoms with Crippen LogP contribution in [0.5, 0.6) is 0 Å². The number of hydrogen-bond acceptors (Lipinski definition) is 4. The summed E-state index contributed by atoms with van der Waals surface area (Å²) in [4.78, 5) is 24.5. The van der Waals surface area contributed by atoms with Gasteiger partial charge in [-0.25, -0.2) is 0 Å². The number of carbonyl (C=O) groups is 2. The molecule has 1 atom stereocenters. The third-order valence-electron chi connectivity index (χ3n) is 5.41. The molecule has 0 heterocycles. The predicted molar refractivity (Wildman–Crippen MR) is 82.0 cm³/mol. The van der Waals surface area contributed by atoms with Gasteiger partial charge in [-0.1, -0.05) is 0 Å². The highest BCUT2D eigenvalue weighted by Crippen LogP contribution is 2.57. The van der Waals surface area contributed by atoms with Crippen molar-refractivity contribution in [3.05, 3.63) is 0 Å². The fraction of sp³-hybridized carbons (Fsp3) is 0.889. The molecule has 0 radical (unpaired) electrons. The molecule has 0 aromatic carbocycles. The molecule has 0 saturated heterocycles. The van der Waals surface area contributed by atoms with Crippen LogP contribution in [0.15, 0.2) is 0 Å². The van der Waals surface area contributed by atoms with E-state index in [4.69, 9.17) is 9.47 Å². The molecule has 124 valence electrons. The van der Waals surface area contributed by atoms with E-state index in [0.717, 1.165) is 37.0 Å². The Bertz CT molecular complexity index is 439. The highest BCUT2D eigenvalue weighted by molar-refractivity contribution is 5.94. The molecule has 0 aromatic heterocycles. The normalized spacial score (nSPS) is 37.7. The summed E-state index contributed by atoms with van der Waals surface area (Å²) < 4.78 is 11.2. The quantitative estimate of drug-likeness (QED) is 0.591. The predicted octanol–water partition coefficient (Wildman–Crippen LogP) is 3.48. The van der Waals surface area contributed by atoms with E-state index in [9.17, 15) is 9.59 Å². The average Bonchev–Trinajstić information content (AvgIpc) is 2.33. The van der Waals surface area contributed by atoms with Crippen LogP contribution in [0.1, 0.15) is 66.2 Å². The lowest BCUT2D eigenvalue weighted by atomic mass is 9.54. The lowest BCUT2D eigenvalue weighted by Crippen LogP contribution is -2.53. The summed E-state index contributed by atoms with van der Waals surface area (Å²) in [5.41, 5.74) is -0.867. The number of hydrogen-bond donors (Lipinski definition) is 0.